The number of carbonyl (C=O) groups is 2. The molecule has 1 N–H and O–H groups in total. The fourth-order valence-electron chi connectivity index (χ4n) is 4.37. The summed E-state index contributed by atoms with van der Waals surface area (Å²) in [4.78, 5) is 28.4. The zero-order valence-electron chi connectivity index (χ0n) is 18.6. The van der Waals surface area contributed by atoms with Gasteiger partial charge in [0.25, 0.3) is 5.91 Å². The van der Waals surface area contributed by atoms with Crippen molar-refractivity contribution in [3.8, 4) is 11.5 Å². The van der Waals surface area contributed by atoms with E-state index in [1.54, 1.807) is 12.0 Å². The highest BCUT2D eigenvalue weighted by molar-refractivity contribution is 5.95. The third-order valence-electron chi connectivity index (χ3n) is 6.13. The van der Waals surface area contributed by atoms with Crippen LogP contribution in [0.4, 0.5) is 5.69 Å². The highest BCUT2D eigenvalue weighted by atomic mass is 16.5. The maximum absolute atomic E-state index is 12.3. The molecule has 0 saturated carbocycles. The van der Waals surface area contributed by atoms with Crippen LogP contribution in [0.1, 0.15) is 31.2 Å². The number of hydrogen-bond donors (Lipinski definition) is 1. The van der Waals surface area contributed by atoms with Crippen molar-refractivity contribution in [3.05, 3.63) is 54.1 Å². The van der Waals surface area contributed by atoms with Crippen molar-refractivity contribution in [1.82, 2.24) is 10.2 Å². The maximum Gasteiger partial charge on any atom is 0.258 e. The van der Waals surface area contributed by atoms with Gasteiger partial charge < -0.3 is 19.7 Å². The Hall–Kier alpha value is -3.06. The molecule has 2 amide bonds. The average Bonchev–Trinajstić information content (AvgIpc) is 3.25. The second-order valence-electron chi connectivity index (χ2n) is 8.36. The molecular weight excluding hydrogens is 406 g/mol. The lowest BCUT2D eigenvalue weighted by atomic mass is 10.0. The third kappa shape index (κ3) is 5.59. The number of carbonyl (C=O) groups excluding carboxylic acids is 2. The molecule has 2 aliphatic heterocycles. The number of rotatable bonds is 8. The Bertz CT molecular complexity index is 923. The van der Waals surface area contributed by atoms with Gasteiger partial charge in [-0.2, -0.15) is 0 Å². The number of benzene rings is 2. The van der Waals surface area contributed by atoms with Crippen LogP contribution in [-0.2, 0) is 16.1 Å². The SMILES string of the molecule is COc1ccccc1CN1CCC(NC(=O)COc2ccc(N3CCCC3=O)cc2)CC1. The van der Waals surface area contributed by atoms with Gasteiger partial charge in [-0.3, -0.25) is 14.5 Å². The number of anilines is 1. The van der Waals surface area contributed by atoms with Crippen LogP contribution in [0.25, 0.3) is 0 Å². The molecule has 2 aliphatic rings. The predicted molar refractivity (Wildman–Crippen MR) is 123 cm³/mol. The minimum absolute atomic E-state index is 0.0105. The Morgan fingerprint density at radius 3 is 2.50 bits per heavy atom. The Balaban J connectivity index is 1.18. The first-order valence-electron chi connectivity index (χ1n) is 11.3. The summed E-state index contributed by atoms with van der Waals surface area (Å²) in [6, 6.07) is 15.6. The van der Waals surface area contributed by atoms with Gasteiger partial charge in [0.15, 0.2) is 6.61 Å². The summed E-state index contributed by atoms with van der Waals surface area (Å²) in [6.45, 7) is 3.47. The van der Waals surface area contributed by atoms with Gasteiger partial charge in [-0.05, 0) is 49.6 Å². The Labute approximate surface area is 189 Å². The fraction of sp³-hybridized carbons (Fsp3) is 0.440. The molecule has 0 radical (unpaired) electrons. The number of methoxy groups -OCH3 is 1. The van der Waals surface area contributed by atoms with Gasteiger partial charge in [0.05, 0.1) is 7.11 Å². The summed E-state index contributed by atoms with van der Waals surface area (Å²) in [6.07, 6.45) is 3.34. The predicted octanol–water partition coefficient (Wildman–Crippen LogP) is 2.98. The quantitative estimate of drug-likeness (QED) is 0.688. The lowest BCUT2D eigenvalue weighted by molar-refractivity contribution is -0.124. The summed E-state index contributed by atoms with van der Waals surface area (Å²) < 4.78 is 11.1. The molecule has 0 bridgehead atoms. The van der Waals surface area contributed by atoms with Crippen LogP contribution in [0.15, 0.2) is 48.5 Å². The molecule has 2 aromatic carbocycles. The van der Waals surface area contributed by atoms with Crippen LogP contribution >= 0.6 is 0 Å². The number of nitrogens with zero attached hydrogens (tertiary/aromatic N) is 2. The molecule has 170 valence electrons. The van der Waals surface area contributed by atoms with Crippen LogP contribution in [0, 0.1) is 0 Å². The Morgan fingerprint density at radius 1 is 1.06 bits per heavy atom. The Kier molecular flexibility index (Phi) is 7.27. The smallest absolute Gasteiger partial charge is 0.258 e. The van der Waals surface area contributed by atoms with Crippen LogP contribution in [0.3, 0.4) is 0 Å². The van der Waals surface area contributed by atoms with E-state index in [1.807, 2.05) is 42.5 Å². The van der Waals surface area contributed by atoms with Crippen LogP contribution in [0.2, 0.25) is 0 Å². The van der Waals surface area contributed by atoms with E-state index in [0.717, 1.165) is 56.9 Å². The van der Waals surface area contributed by atoms with Crippen molar-refractivity contribution in [2.75, 3.05) is 38.3 Å². The Morgan fingerprint density at radius 2 is 1.81 bits per heavy atom. The molecule has 2 aromatic rings. The molecule has 2 fully saturated rings. The number of nitrogens with one attached hydrogen (secondary N) is 1. The van der Waals surface area contributed by atoms with Crippen molar-refractivity contribution in [1.29, 1.82) is 0 Å². The number of likely N-dealkylation sites (tertiary alicyclic amines) is 1. The molecule has 7 heteroatoms. The van der Waals surface area contributed by atoms with E-state index in [0.29, 0.717) is 12.2 Å². The van der Waals surface area contributed by atoms with Crippen molar-refractivity contribution in [2.45, 2.75) is 38.3 Å². The lowest BCUT2D eigenvalue weighted by Gasteiger charge is -2.32. The van der Waals surface area contributed by atoms with E-state index in [4.69, 9.17) is 9.47 Å². The van der Waals surface area contributed by atoms with Gasteiger partial charge in [0.2, 0.25) is 5.91 Å². The van der Waals surface area contributed by atoms with Gasteiger partial charge in [-0.25, -0.2) is 0 Å². The van der Waals surface area contributed by atoms with Gasteiger partial charge >= 0.3 is 0 Å². The van der Waals surface area contributed by atoms with E-state index in [-0.39, 0.29) is 24.5 Å². The highest BCUT2D eigenvalue weighted by Crippen LogP contribution is 2.24. The second kappa shape index (κ2) is 10.5. The number of ether oxygens (including phenoxy) is 2. The number of amides is 2. The van der Waals surface area contributed by atoms with E-state index >= 15 is 0 Å². The summed E-state index contributed by atoms with van der Waals surface area (Å²) in [5, 5.41) is 3.09. The van der Waals surface area contributed by atoms with Gasteiger partial charge in [-0.15, -0.1) is 0 Å². The van der Waals surface area contributed by atoms with Gasteiger partial charge in [-0.1, -0.05) is 18.2 Å². The molecule has 2 saturated heterocycles. The number of piperidine rings is 1. The first-order chi connectivity index (χ1) is 15.6. The molecule has 2 heterocycles. The van der Waals surface area contributed by atoms with Crippen molar-refractivity contribution in [2.24, 2.45) is 0 Å². The largest absolute Gasteiger partial charge is 0.496 e. The summed E-state index contributed by atoms with van der Waals surface area (Å²) in [5.74, 6) is 1.60. The van der Waals surface area contributed by atoms with Crippen LogP contribution in [0.5, 0.6) is 11.5 Å². The molecule has 0 aliphatic carbocycles. The molecular formula is C25H31N3O4. The highest BCUT2D eigenvalue weighted by Gasteiger charge is 2.23. The minimum Gasteiger partial charge on any atom is -0.496 e. The molecule has 4 rings (SSSR count). The first-order valence-corrected chi connectivity index (χ1v) is 11.3. The number of hydrogen-bond acceptors (Lipinski definition) is 5. The minimum atomic E-state index is -0.105. The first kappa shape index (κ1) is 22.1. The van der Waals surface area contributed by atoms with E-state index in [1.165, 1.54) is 5.56 Å². The van der Waals surface area contributed by atoms with Gasteiger partial charge in [0.1, 0.15) is 11.5 Å². The van der Waals surface area contributed by atoms with Crippen molar-refractivity contribution < 1.29 is 19.1 Å². The zero-order chi connectivity index (χ0) is 22.3. The topological polar surface area (TPSA) is 71.1 Å². The monoisotopic (exact) mass is 437 g/mol. The summed E-state index contributed by atoms with van der Waals surface area (Å²) >= 11 is 0. The lowest BCUT2D eigenvalue weighted by Crippen LogP contribution is -2.45. The van der Waals surface area contributed by atoms with E-state index in [2.05, 4.69) is 16.3 Å². The zero-order valence-corrected chi connectivity index (χ0v) is 18.6. The van der Waals surface area contributed by atoms with Crippen LogP contribution < -0.4 is 19.7 Å². The fourth-order valence-corrected chi connectivity index (χ4v) is 4.37. The normalized spacial score (nSPS) is 17.4. The molecule has 0 spiro atoms. The van der Waals surface area contributed by atoms with Gasteiger partial charge in [0, 0.05) is 49.9 Å². The van der Waals surface area contributed by atoms with E-state index < -0.39 is 0 Å². The molecule has 0 unspecified atom stereocenters. The molecule has 0 aromatic heterocycles. The third-order valence-corrected chi connectivity index (χ3v) is 6.13. The van der Waals surface area contributed by atoms with Crippen molar-refractivity contribution >= 4 is 17.5 Å². The number of para-hydroxylation sites is 1. The average molecular weight is 438 g/mol. The molecule has 0 atom stereocenters. The second-order valence-corrected chi connectivity index (χ2v) is 8.36. The van der Waals surface area contributed by atoms with E-state index in [9.17, 15) is 9.59 Å². The summed E-state index contributed by atoms with van der Waals surface area (Å²) in [7, 11) is 1.70. The standard InChI is InChI=1S/C25H31N3O4/c1-31-23-6-3-2-5-19(23)17-27-15-12-20(13-16-27)26-24(29)18-32-22-10-8-21(9-11-22)28-14-4-7-25(28)30/h2-3,5-6,8-11,20H,4,7,12-18H2,1H3,(H,26,29). The van der Waals surface area contributed by atoms with Crippen molar-refractivity contribution in [3.63, 3.8) is 0 Å². The van der Waals surface area contributed by atoms with Crippen LogP contribution in [-0.4, -0.2) is 56.1 Å². The molecule has 7 nitrogen and oxygen atoms in total. The summed E-state index contributed by atoms with van der Waals surface area (Å²) in [5.41, 5.74) is 2.06. The maximum atomic E-state index is 12.3. The molecule has 32 heavy (non-hydrogen) atoms.